The molecule has 2 aromatic heterocycles. The van der Waals surface area contributed by atoms with Crippen LogP contribution in [0.5, 0.6) is 0 Å². The van der Waals surface area contributed by atoms with Crippen LogP contribution in [-0.2, 0) is 12.8 Å². The zero-order valence-electron chi connectivity index (χ0n) is 14.3. The van der Waals surface area contributed by atoms with Gasteiger partial charge >= 0.3 is 0 Å². The summed E-state index contributed by atoms with van der Waals surface area (Å²) in [6.45, 7) is 0. The molecule has 1 aromatic carbocycles. The SMILES string of the molecule is NC(=O)c1c(NC(=O)c2cc(-c3ccc(Cl)cc3)on2)sc2c1CCCC2. The second-order valence-corrected chi connectivity index (χ2v) is 7.86. The van der Waals surface area contributed by atoms with Gasteiger partial charge < -0.3 is 15.6 Å². The fourth-order valence-electron chi connectivity index (χ4n) is 3.21. The Kier molecular flexibility index (Phi) is 4.72. The number of amides is 2. The molecule has 0 unspecified atom stereocenters. The summed E-state index contributed by atoms with van der Waals surface area (Å²) in [5.41, 5.74) is 7.84. The summed E-state index contributed by atoms with van der Waals surface area (Å²) in [5, 5.41) is 7.70. The fraction of sp³-hybridized carbons (Fsp3) is 0.211. The van der Waals surface area contributed by atoms with Crippen LogP contribution in [-0.4, -0.2) is 17.0 Å². The highest BCUT2D eigenvalue weighted by molar-refractivity contribution is 7.17. The highest BCUT2D eigenvalue weighted by Crippen LogP contribution is 2.38. The molecule has 0 fully saturated rings. The number of thiophene rings is 1. The first-order chi connectivity index (χ1) is 13.0. The maximum Gasteiger partial charge on any atom is 0.278 e. The van der Waals surface area contributed by atoms with Crippen molar-refractivity contribution in [1.82, 2.24) is 5.16 Å². The minimum atomic E-state index is -0.522. The van der Waals surface area contributed by atoms with Gasteiger partial charge in [0.1, 0.15) is 5.00 Å². The lowest BCUT2D eigenvalue weighted by Gasteiger charge is -2.11. The quantitative estimate of drug-likeness (QED) is 0.681. The number of halogens is 1. The van der Waals surface area contributed by atoms with E-state index in [1.54, 1.807) is 30.3 Å². The predicted octanol–water partition coefficient (Wildman–Crippen LogP) is 4.29. The Labute approximate surface area is 164 Å². The molecule has 3 aromatic rings. The summed E-state index contributed by atoms with van der Waals surface area (Å²) in [6, 6.07) is 8.57. The molecule has 1 aliphatic rings. The Balaban J connectivity index is 1.59. The number of rotatable bonds is 4. The van der Waals surface area contributed by atoms with Crippen LogP contribution in [0.25, 0.3) is 11.3 Å². The van der Waals surface area contributed by atoms with E-state index in [1.807, 2.05) is 0 Å². The number of nitrogens with two attached hydrogens (primary N) is 1. The van der Waals surface area contributed by atoms with Crippen LogP contribution in [0.1, 0.15) is 44.1 Å². The van der Waals surface area contributed by atoms with Gasteiger partial charge in [0.15, 0.2) is 11.5 Å². The number of hydrogen-bond acceptors (Lipinski definition) is 5. The molecule has 0 atom stereocenters. The van der Waals surface area contributed by atoms with Gasteiger partial charge in [0.05, 0.1) is 5.56 Å². The molecular weight excluding hydrogens is 386 g/mol. The predicted molar refractivity (Wildman–Crippen MR) is 104 cm³/mol. The number of fused-ring (bicyclic) bond motifs is 1. The second-order valence-electron chi connectivity index (χ2n) is 6.32. The fourth-order valence-corrected chi connectivity index (χ4v) is 4.63. The van der Waals surface area contributed by atoms with E-state index in [9.17, 15) is 9.59 Å². The van der Waals surface area contributed by atoms with Gasteiger partial charge in [0.2, 0.25) is 0 Å². The monoisotopic (exact) mass is 401 g/mol. The van der Waals surface area contributed by atoms with Crippen LogP contribution < -0.4 is 11.1 Å². The van der Waals surface area contributed by atoms with Crippen molar-refractivity contribution < 1.29 is 14.1 Å². The molecule has 3 N–H and O–H groups in total. The van der Waals surface area contributed by atoms with Crippen LogP contribution in [0.3, 0.4) is 0 Å². The first-order valence-corrected chi connectivity index (χ1v) is 9.70. The molecule has 2 amide bonds. The minimum absolute atomic E-state index is 0.127. The molecule has 0 radical (unpaired) electrons. The second kappa shape index (κ2) is 7.17. The Morgan fingerprint density at radius 3 is 2.67 bits per heavy atom. The van der Waals surface area contributed by atoms with E-state index in [4.69, 9.17) is 21.9 Å². The van der Waals surface area contributed by atoms with E-state index in [1.165, 1.54) is 11.3 Å². The Hall–Kier alpha value is -2.64. The topological polar surface area (TPSA) is 98.2 Å². The molecule has 6 nitrogen and oxygen atoms in total. The molecule has 138 valence electrons. The van der Waals surface area contributed by atoms with E-state index in [0.29, 0.717) is 21.3 Å². The van der Waals surface area contributed by atoms with E-state index < -0.39 is 11.8 Å². The van der Waals surface area contributed by atoms with Crippen LogP contribution >= 0.6 is 22.9 Å². The average Bonchev–Trinajstić information content (AvgIpc) is 3.26. The molecule has 0 aliphatic heterocycles. The van der Waals surface area contributed by atoms with Crippen LogP contribution in [0.4, 0.5) is 5.00 Å². The average molecular weight is 402 g/mol. The van der Waals surface area contributed by atoms with Gasteiger partial charge in [0.25, 0.3) is 11.8 Å². The summed E-state index contributed by atoms with van der Waals surface area (Å²) in [5.74, 6) is -0.510. The number of carbonyl (C=O) groups excluding carboxylic acids is 2. The van der Waals surface area contributed by atoms with Crippen molar-refractivity contribution in [3.63, 3.8) is 0 Å². The van der Waals surface area contributed by atoms with Gasteiger partial charge in [-0.05, 0) is 55.5 Å². The lowest BCUT2D eigenvalue weighted by molar-refractivity contribution is 0.100. The Bertz CT molecular complexity index is 1020. The molecule has 8 heteroatoms. The zero-order valence-corrected chi connectivity index (χ0v) is 15.8. The zero-order chi connectivity index (χ0) is 19.0. The number of aromatic nitrogens is 1. The molecule has 0 saturated heterocycles. The number of primary amides is 1. The van der Waals surface area contributed by atoms with Gasteiger partial charge in [-0.1, -0.05) is 16.8 Å². The van der Waals surface area contributed by atoms with E-state index in [2.05, 4.69) is 10.5 Å². The third kappa shape index (κ3) is 3.48. The van der Waals surface area contributed by atoms with Gasteiger partial charge in [-0.2, -0.15) is 0 Å². The van der Waals surface area contributed by atoms with Crippen LogP contribution in [0.2, 0.25) is 5.02 Å². The number of nitrogens with zero attached hydrogens (tertiary/aromatic N) is 1. The van der Waals surface area contributed by atoms with E-state index in [-0.39, 0.29) is 5.69 Å². The molecule has 0 spiro atoms. The number of aryl methyl sites for hydroxylation is 1. The smallest absolute Gasteiger partial charge is 0.278 e. The highest BCUT2D eigenvalue weighted by atomic mass is 35.5. The highest BCUT2D eigenvalue weighted by Gasteiger charge is 2.26. The molecule has 2 heterocycles. The van der Waals surface area contributed by atoms with Crippen molar-refractivity contribution in [2.75, 3.05) is 5.32 Å². The number of anilines is 1. The molecule has 1 aliphatic carbocycles. The van der Waals surface area contributed by atoms with Crippen molar-refractivity contribution in [3.8, 4) is 11.3 Å². The molecular formula is C19H16ClN3O3S. The Morgan fingerprint density at radius 2 is 1.93 bits per heavy atom. The van der Waals surface area contributed by atoms with Crippen LogP contribution in [0.15, 0.2) is 34.9 Å². The maximum absolute atomic E-state index is 12.6. The van der Waals surface area contributed by atoms with Crippen molar-refractivity contribution >= 4 is 39.8 Å². The Morgan fingerprint density at radius 1 is 1.19 bits per heavy atom. The van der Waals surface area contributed by atoms with E-state index >= 15 is 0 Å². The summed E-state index contributed by atoms with van der Waals surface area (Å²) in [4.78, 5) is 25.6. The first kappa shape index (κ1) is 17.8. The molecule has 0 saturated carbocycles. The molecule has 0 bridgehead atoms. The van der Waals surface area contributed by atoms with Crippen molar-refractivity contribution in [3.05, 3.63) is 57.1 Å². The number of nitrogens with one attached hydrogen (secondary N) is 1. The summed E-state index contributed by atoms with van der Waals surface area (Å²) < 4.78 is 5.27. The lowest BCUT2D eigenvalue weighted by atomic mass is 9.95. The molecule has 27 heavy (non-hydrogen) atoms. The normalized spacial score (nSPS) is 13.2. The van der Waals surface area contributed by atoms with Gasteiger partial charge in [-0.25, -0.2) is 0 Å². The summed E-state index contributed by atoms with van der Waals surface area (Å²) in [7, 11) is 0. The van der Waals surface area contributed by atoms with Crippen molar-refractivity contribution in [2.45, 2.75) is 25.7 Å². The lowest BCUT2D eigenvalue weighted by Crippen LogP contribution is -2.18. The van der Waals surface area contributed by atoms with Gasteiger partial charge in [-0.15, -0.1) is 11.3 Å². The largest absolute Gasteiger partial charge is 0.365 e. The van der Waals surface area contributed by atoms with Crippen molar-refractivity contribution in [1.29, 1.82) is 0 Å². The van der Waals surface area contributed by atoms with E-state index in [0.717, 1.165) is 41.7 Å². The summed E-state index contributed by atoms with van der Waals surface area (Å²) >= 11 is 7.29. The number of carbonyl (C=O) groups is 2. The molecule has 4 rings (SSSR count). The third-order valence-corrected chi connectivity index (χ3v) is 5.98. The van der Waals surface area contributed by atoms with Gasteiger partial charge in [0, 0.05) is 21.5 Å². The minimum Gasteiger partial charge on any atom is -0.365 e. The van der Waals surface area contributed by atoms with Crippen LogP contribution in [0, 0.1) is 0 Å². The maximum atomic E-state index is 12.6. The summed E-state index contributed by atoms with van der Waals surface area (Å²) in [6.07, 6.45) is 3.81. The first-order valence-electron chi connectivity index (χ1n) is 8.51. The van der Waals surface area contributed by atoms with Crippen molar-refractivity contribution in [2.24, 2.45) is 5.73 Å². The standard InChI is InChI=1S/C19H16ClN3O3S/c20-11-7-5-10(6-8-11)14-9-13(23-26-14)18(25)22-19-16(17(21)24)12-3-1-2-4-15(12)27-19/h5-9H,1-4H2,(H2,21,24)(H,22,25). The number of benzene rings is 1. The number of hydrogen-bond donors (Lipinski definition) is 2. The van der Waals surface area contributed by atoms with Gasteiger partial charge in [-0.3, -0.25) is 9.59 Å². The third-order valence-electron chi connectivity index (χ3n) is 4.52.